The fraction of sp³-hybridized carbons (Fsp3) is 0. The highest BCUT2D eigenvalue weighted by Crippen LogP contribution is 2.23. The van der Waals surface area contributed by atoms with Crippen molar-refractivity contribution in [3.8, 4) is 17.0 Å². The third-order valence-electron chi connectivity index (χ3n) is 1.74. The number of rotatable bonds is 1. The molecule has 0 bridgehead atoms. The summed E-state index contributed by atoms with van der Waals surface area (Å²) >= 11 is 0. The van der Waals surface area contributed by atoms with Crippen molar-refractivity contribution in [3.63, 3.8) is 0 Å². The van der Waals surface area contributed by atoms with Gasteiger partial charge in [0.1, 0.15) is 11.6 Å². The van der Waals surface area contributed by atoms with Crippen LogP contribution in [0.5, 0.6) is 5.75 Å². The van der Waals surface area contributed by atoms with Crippen LogP contribution >= 0.6 is 0 Å². The first-order valence-corrected chi connectivity index (χ1v) is 3.74. The number of imidazole rings is 1. The van der Waals surface area contributed by atoms with Gasteiger partial charge in [-0.05, 0) is 12.1 Å². The summed E-state index contributed by atoms with van der Waals surface area (Å²) in [7, 11) is 0. The number of nitrogens with one attached hydrogen (secondary N) is 1. The van der Waals surface area contributed by atoms with Crippen LogP contribution in [-0.4, -0.2) is 15.1 Å². The van der Waals surface area contributed by atoms with Gasteiger partial charge in [-0.2, -0.15) is 0 Å². The van der Waals surface area contributed by atoms with Crippen molar-refractivity contribution in [3.05, 3.63) is 36.5 Å². The van der Waals surface area contributed by atoms with Gasteiger partial charge in [0, 0.05) is 11.6 Å². The molecule has 0 aliphatic rings. The quantitative estimate of drug-likeness (QED) is 0.700. The van der Waals surface area contributed by atoms with E-state index >= 15 is 0 Å². The van der Waals surface area contributed by atoms with Gasteiger partial charge in [0.05, 0.1) is 18.2 Å². The van der Waals surface area contributed by atoms with Gasteiger partial charge in [0.15, 0.2) is 0 Å². The molecule has 1 aromatic carbocycles. The third kappa shape index (κ3) is 1.38. The number of benzene rings is 1. The lowest BCUT2D eigenvalue weighted by atomic mass is 10.1. The maximum absolute atomic E-state index is 13.2. The predicted octanol–water partition coefficient (Wildman–Crippen LogP) is 1.92. The first-order chi connectivity index (χ1) is 6.27. The first-order valence-electron chi connectivity index (χ1n) is 3.74. The maximum Gasteiger partial charge on any atom is 0.136 e. The molecular formula is C9H7FN2O. The van der Waals surface area contributed by atoms with Crippen LogP contribution in [-0.2, 0) is 0 Å². The molecule has 66 valence electrons. The van der Waals surface area contributed by atoms with E-state index in [1.807, 2.05) is 0 Å². The zero-order valence-electron chi connectivity index (χ0n) is 6.66. The molecule has 0 aliphatic carbocycles. The van der Waals surface area contributed by atoms with E-state index < -0.39 is 5.82 Å². The zero-order valence-corrected chi connectivity index (χ0v) is 6.66. The first kappa shape index (κ1) is 7.79. The van der Waals surface area contributed by atoms with Crippen LogP contribution < -0.4 is 0 Å². The van der Waals surface area contributed by atoms with Crippen molar-refractivity contribution in [2.45, 2.75) is 0 Å². The summed E-state index contributed by atoms with van der Waals surface area (Å²) in [6.07, 6.45) is 3.00. The van der Waals surface area contributed by atoms with Crippen molar-refractivity contribution in [2.24, 2.45) is 0 Å². The Hall–Kier alpha value is -1.84. The van der Waals surface area contributed by atoms with Gasteiger partial charge in [0.2, 0.25) is 0 Å². The predicted molar refractivity (Wildman–Crippen MR) is 45.6 cm³/mol. The molecule has 1 aromatic heterocycles. The molecular weight excluding hydrogens is 171 g/mol. The Morgan fingerprint density at radius 3 is 2.85 bits per heavy atom. The van der Waals surface area contributed by atoms with Gasteiger partial charge in [-0.25, -0.2) is 9.37 Å². The molecule has 13 heavy (non-hydrogen) atoms. The van der Waals surface area contributed by atoms with E-state index in [0.29, 0.717) is 11.3 Å². The highest BCUT2D eigenvalue weighted by molar-refractivity contribution is 5.59. The zero-order chi connectivity index (χ0) is 9.26. The number of aromatic hydroxyl groups is 1. The standard InChI is InChI=1S/C9H7FN2O/c10-8-3-6(13)1-2-7(8)9-4-11-5-12-9/h1-5,13H,(H,11,12). The second-order valence-electron chi connectivity index (χ2n) is 2.63. The molecule has 0 unspecified atom stereocenters. The van der Waals surface area contributed by atoms with E-state index in [9.17, 15) is 4.39 Å². The van der Waals surface area contributed by atoms with Crippen LogP contribution in [0.15, 0.2) is 30.7 Å². The van der Waals surface area contributed by atoms with Gasteiger partial charge in [-0.3, -0.25) is 0 Å². The minimum atomic E-state index is -0.468. The summed E-state index contributed by atoms with van der Waals surface area (Å²) in [6, 6.07) is 3.99. The number of halogens is 1. The molecule has 0 aliphatic heterocycles. The van der Waals surface area contributed by atoms with Crippen molar-refractivity contribution >= 4 is 0 Å². The smallest absolute Gasteiger partial charge is 0.136 e. The van der Waals surface area contributed by atoms with Gasteiger partial charge in [-0.15, -0.1) is 0 Å². The minimum absolute atomic E-state index is 0.0826. The highest BCUT2D eigenvalue weighted by atomic mass is 19.1. The number of hydrogen-bond acceptors (Lipinski definition) is 2. The van der Waals surface area contributed by atoms with Crippen LogP contribution in [0.4, 0.5) is 4.39 Å². The van der Waals surface area contributed by atoms with Gasteiger partial charge in [-0.1, -0.05) is 0 Å². The Balaban J connectivity index is 2.53. The molecule has 2 aromatic rings. The molecule has 0 radical (unpaired) electrons. The molecule has 0 saturated heterocycles. The summed E-state index contributed by atoms with van der Waals surface area (Å²) in [5.41, 5.74) is 0.993. The molecule has 2 N–H and O–H groups in total. The van der Waals surface area contributed by atoms with E-state index in [2.05, 4.69) is 9.97 Å². The second kappa shape index (κ2) is 2.90. The second-order valence-corrected chi connectivity index (χ2v) is 2.63. The summed E-state index contributed by atoms with van der Waals surface area (Å²) in [5, 5.41) is 8.97. The number of aromatic nitrogens is 2. The Morgan fingerprint density at radius 1 is 1.38 bits per heavy atom. The Labute approximate surface area is 73.9 Å². The molecule has 1 heterocycles. The molecule has 0 saturated carbocycles. The highest BCUT2D eigenvalue weighted by Gasteiger charge is 2.05. The number of hydrogen-bond donors (Lipinski definition) is 2. The largest absolute Gasteiger partial charge is 0.508 e. The Morgan fingerprint density at radius 2 is 2.23 bits per heavy atom. The maximum atomic E-state index is 13.2. The molecule has 0 amide bonds. The van der Waals surface area contributed by atoms with Gasteiger partial charge in [0.25, 0.3) is 0 Å². The number of phenolic OH excluding ortho intramolecular Hbond substituents is 1. The van der Waals surface area contributed by atoms with Gasteiger partial charge >= 0.3 is 0 Å². The van der Waals surface area contributed by atoms with Crippen LogP contribution in [0.1, 0.15) is 0 Å². The molecule has 2 rings (SSSR count). The summed E-state index contributed by atoms with van der Waals surface area (Å²) < 4.78 is 13.2. The number of H-pyrrole nitrogens is 1. The van der Waals surface area contributed by atoms with E-state index in [1.54, 1.807) is 0 Å². The van der Waals surface area contributed by atoms with E-state index in [0.717, 1.165) is 6.07 Å². The molecule has 4 heteroatoms. The normalized spacial score (nSPS) is 10.2. The average Bonchev–Trinajstić information content (AvgIpc) is 2.56. The lowest BCUT2D eigenvalue weighted by molar-refractivity contribution is 0.469. The molecule has 3 nitrogen and oxygen atoms in total. The van der Waals surface area contributed by atoms with Crippen molar-refractivity contribution in [1.29, 1.82) is 0 Å². The molecule has 0 atom stereocenters. The van der Waals surface area contributed by atoms with Crippen molar-refractivity contribution in [1.82, 2.24) is 9.97 Å². The number of nitrogens with zero attached hydrogens (tertiary/aromatic N) is 1. The van der Waals surface area contributed by atoms with E-state index in [4.69, 9.17) is 5.11 Å². The monoisotopic (exact) mass is 178 g/mol. The van der Waals surface area contributed by atoms with Crippen LogP contribution in [0.3, 0.4) is 0 Å². The van der Waals surface area contributed by atoms with Crippen LogP contribution in [0.2, 0.25) is 0 Å². The summed E-state index contributed by atoms with van der Waals surface area (Å²) in [6.45, 7) is 0. The Bertz CT molecular complexity index is 412. The van der Waals surface area contributed by atoms with E-state index in [1.165, 1.54) is 24.7 Å². The van der Waals surface area contributed by atoms with Crippen LogP contribution in [0, 0.1) is 5.82 Å². The van der Waals surface area contributed by atoms with Gasteiger partial charge < -0.3 is 10.1 Å². The summed E-state index contributed by atoms with van der Waals surface area (Å²) in [5.74, 6) is -0.551. The van der Waals surface area contributed by atoms with Crippen molar-refractivity contribution in [2.75, 3.05) is 0 Å². The fourth-order valence-corrected chi connectivity index (χ4v) is 1.13. The fourth-order valence-electron chi connectivity index (χ4n) is 1.13. The lowest BCUT2D eigenvalue weighted by Gasteiger charge is -1.99. The third-order valence-corrected chi connectivity index (χ3v) is 1.74. The topological polar surface area (TPSA) is 48.9 Å². The lowest BCUT2D eigenvalue weighted by Crippen LogP contribution is -1.83. The van der Waals surface area contributed by atoms with E-state index in [-0.39, 0.29) is 5.75 Å². The minimum Gasteiger partial charge on any atom is -0.508 e. The number of aromatic amines is 1. The molecule has 0 spiro atoms. The average molecular weight is 178 g/mol. The molecule has 0 fully saturated rings. The van der Waals surface area contributed by atoms with Crippen LogP contribution in [0.25, 0.3) is 11.3 Å². The summed E-state index contributed by atoms with van der Waals surface area (Å²) in [4.78, 5) is 6.56. The number of phenols is 1. The Kier molecular flexibility index (Phi) is 1.73. The van der Waals surface area contributed by atoms with Crippen molar-refractivity contribution < 1.29 is 9.50 Å². The SMILES string of the molecule is Oc1ccc(-c2cnc[nH]2)c(F)c1.